The Balaban J connectivity index is 3.36. The highest BCUT2D eigenvalue weighted by Crippen LogP contribution is 2.04. The Kier molecular flexibility index (Phi) is 1.93. The molecule has 1 aromatic heterocycles. The number of carboxylic acids is 1. The van der Waals surface area contributed by atoms with Crippen molar-refractivity contribution in [2.24, 2.45) is 0 Å². The highest BCUT2D eigenvalue weighted by atomic mass is 32.2. The summed E-state index contributed by atoms with van der Waals surface area (Å²) < 4.78 is 22.6. The number of carboxylic acid groups (broad SMARTS) is 1. The maximum atomic E-state index is 10.9. The number of aromatic nitrogens is 1. The lowest BCUT2D eigenvalue weighted by Gasteiger charge is -2.01. The van der Waals surface area contributed by atoms with Gasteiger partial charge >= 0.3 is 5.97 Å². The molecule has 66 valence electrons. The van der Waals surface area contributed by atoms with Gasteiger partial charge in [0.05, 0.1) is 6.26 Å². The summed E-state index contributed by atoms with van der Waals surface area (Å²) in [7, 11) is -3.50. The van der Waals surface area contributed by atoms with E-state index in [-0.39, 0.29) is 5.69 Å². The van der Waals surface area contributed by atoms with Gasteiger partial charge in [-0.25, -0.2) is 17.2 Å². The van der Waals surface area contributed by atoms with Gasteiger partial charge < -0.3 is 5.11 Å². The molecule has 1 heterocycles. The van der Waals surface area contributed by atoms with Crippen LogP contribution in [0.25, 0.3) is 0 Å². The van der Waals surface area contributed by atoms with Gasteiger partial charge in [-0.15, -0.1) is 0 Å². The van der Waals surface area contributed by atoms with Gasteiger partial charge in [0, 0.05) is 6.20 Å². The van der Waals surface area contributed by atoms with Gasteiger partial charge in [0.1, 0.15) is 5.69 Å². The van der Waals surface area contributed by atoms with E-state index in [1.54, 1.807) is 0 Å². The van der Waals surface area contributed by atoms with Crippen LogP contribution >= 0.6 is 0 Å². The first-order valence-electron chi connectivity index (χ1n) is 3.04. The minimum atomic E-state index is -3.50. The Morgan fingerprint density at radius 1 is 1.58 bits per heavy atom. The van der Waals surface area contributed by atoms with Crippen LogP contribution in [0.15, 0.2) is 18.3 Å². The van der Waals surface area contributed by atoms with E-state index in [1.807, 2.05) is 0 Å². The molecule has 0 fully saturated rings. The van der Waals surface area contributed by atoms with Gasteiger partial charge in [0.2, 0.25) is 10.0 Å². The third-order valence-corrected chi connectivity index (χ3v) is 2.32. The zero-order valence-corrected chi connectivity index (χ0v) is 7.08. The second kappa shape index (κ2) is 2.63. The average Bonchev–Trinajstić information content (AvgIpc) is 2.30. The molecule has 0 bridgehead atoms. The third-order valence-electron chi connectivity index (χ3n) is 1.29. The molecule has 0 aliphatic heterocycles. The first-order chi connectivity index (χ1) is 5.43. The van der Waals surface area contributed by atoms with E-state index in [4.69, 9.17) is 5.11 Å². The number of hydrogen-bond donors (Lipinski definition) is 1. The van der Waals surface area contributed by atoms with Crippen molar-refractivity contribution in [1.29, 1.82) is 0 Å². The summed E-state index contributed by atoms with van der Waals surface area (Å²) in [5.41, 5.74) is -0.252. The average molecular weight is 189 g/mol. The van der Waals surface area contributed by atoms with Gasteiger partial charge in [0.25, 0.3) is 0 Å². The molecule has 0 unspecified atom stereocenters. The standard InChI is InChI=1S/C6H7NO4S/c1-12(10,11)7-4-2-3-5(7)6(8)9/h2-4H,1H3,(H,8,9). The van der Waals surface area contributed by atoms with E-state index in [2.05, 4.69) is 0 Å². The molecule has 12 heavy (non-hydrogen) atoms. The molecule has 0 saturated heterocycles. The van der Waals surface area contributed by atoms with Crippen LogP contribution < -0.4 is 0 Å². The van der Waals surface area contributed by atoms with Crippen molar-refractivity contribution in [1.82, 2.24) is 3.97 Å². The van der Waals surface area contributed by atoms with Crippen molar-refractivity contribution in [2.45, 2.75) is 0 Å². The number of aromatic carboxylic acids is 1. The molecule has 6 heteroatoms. The number of carbonyl (C=O) groups is 1. The molecule has 0 aromatic carbocycles. The zero-order valence-electron chi connectivity index (χ0n) is 6.26. The topological polar surface area (TPSA) is 76.4 Å². The monoisotopic (exact) mass is 189 g/mol. The van der Waals surface area contributed by atoms with Crippen molar-refractivity contribution < 1.29 is 18.3 Å². The molecule has 0 radical (unpaired) electrons. The summed E-state index contributed by atoms with van der Waals surface area (Å²) >= 11 is 0. The second-order valence-electron chi connectivity index (χ2n) is 2.26. The molecule has 0 atom stereocenters. The van der Waals surface area contributed by atoms with Crippen molar-refractivity contribution in [2.75, 3.05) is 6.26 Å². The third kappa shape index (κ3) is 1.48. The van der Waals surface area contributed by atoms with Crippen LogP contribution in [0.2, 0.25) is 0 Å². The molecular formula is C6H7NO4S. The van der Waals surface area contributed by atoms with E-state index >= 15 is 0 Å². The molecule has 1 N–H and O–H groups in total. The molecule has 1 rings (SSSR count). The summed E-state index contributed by atoms with van der Waals surface area (Å²) in [6.45, 7) is 0. The fourth-order valence-corrected chi connectivity index (χ4v) is 1.61. The quantitative estimate of drug-likeness (QED) is 0.710. The maximum Gasteiger partial charge on any atom is 0.353 e. The summed E-state index contributed by atoms with van der Waals surface area (Å²) in [6, 6.07) is 2.59. The molecule has 0 spiro atoms. The number of nitrogens with zero attached hydrogens (tertiary/aromatic N) is 1. The fourth-order valence-electron chi connectivity index (χ4n) is 0.821. The normalized spacial score (nSPS) is 11.4. The Morgan fingerprint density at radius 2 is 2.17 bits per heavy atom. The van der Waals surface area contributed by atoms with E-state index in [9.17, 15) is 13.2 Å². The van der Waals surface area contributed by atoms with E-state index in [0.717, 1.165) is 10.2 Å². The van der Waals surface area contributed by atoms with E-state index in [0.29, 0.717) is 0 Å². The van der Waals surface area contributed by atoms with E-state index in [1.165, 1.54) is 18.3 Å². The largest absolute Gasteiger partial charge is 0.477 e. The molecule has 5 nitrogen and oxygen atoms in total. The lowest BCUT2D eigenvalue weighted by Crippen LogP contribution is -2.15. The van der Waals surface area contributed by atoms with Crippen LogP contribution in [-0.2, 0) is 10.0 Å². The van der Waals surface area contributed by atoms with Gasteiger partial charge in [-0.1, -0.05) is 0 Å². The first kappa shape index (κ1) is 8.79. The zero-order chi connectivity index (χ0) is 9.35. The van der Waals surface area contributed by atoms with Crippen LogP contribution in [0.5, 0.6) is 0 Å². The maximum absolute atomic E-state index is 10.9. The smallest absolute Gasteiger partial charge is 0.353 e. The summed E-state index contributed by atoms with van der Waals surface area (Å²) in [6.07, 6.45) is 2.14. The molecule has 0 aliphatic rings. The summed E-state index contributed by atoms with van der Waals surface area (Å²) in [5, 5.41) is 8.53. The predicted molar refractivity (Wildman–Crippen MR) is 41.6 cm³/mol. The summed E-state index contributed by atoms with van der Waals surface area (Å²) in [4.78, 5) is 10.4. The minimum absolute atomic E-state index is 0.252. The van der Waals surface area contributed by atoms with Gasteiger partial charge in [-0.2, -0.15) is 0 Å². The van der Waals surface area contributed by atoms with Crippen molar-refractivity contribution in [3.63, 3.8) is 0 Å². The van der Waals surface area contributed by atoms with Crippen LogP contribution in [-0.4, -0.2) is 29.7 Å². The summed E-state index contributed by atoms with van der Waals surface area (Å²) in [5.74, 6) is -1.26. The number of rotatable bonds is 2. The molecule has 0 amide bonds. The number of hydrogen-bond acceptors (Lipinski definition) is 3. The van der Waals surface area contributed by atoms with Crippen molar-refractivity contribution in [3.05, 3.63) is 24.0 Å². The fraction of sp³-hybridized carbons (Fsp3) is 0.167. The molecular weight excluding hydrogens is 182 g/mol. The van der Waals surface area contributed by atoms with Crippen LogP contribution in [0.1, 0.15) is 10.5 Å². The van der Waals surface area contributed by atoms with Gasteiger partial charge in [-0.05, 0) is 12.1 Å². The highest BCUT2D eigenvalue weighted by Gasteiger charge is 2.14. The van der Waals surface area contributed by atoms with Gasteiger partial charge in [0.15, 0.2) is 0 Å². The SMILES string of the molecule is CS(=O)(=O)n1cccc1C(=O)O. The van der Waals surface area contributed by atoms with Crippen LogP contribution in [0, 0.1) is 0 Å². The predicted octanol–water partition coefficient (Wildman–Crippen LogP) is -0.00600. The lowest BCUT2D eigenvalue weighted by molar-refractivity contribution is 0.0689. The highest BCUT2D eigenvalue weighted by molar-refractivity contribution is 7.89. The lowest BCUT2D eigenvalue weighted by atomic mass is 10.4. The van der Waals surface area contributed by atoms with Crippen LogP contribution in [0.3, 0.4) is 0 Å². The van der Waals surface area contributed by atoms with Crippen LogP contribution in [0.4, 0.5) is 0 Å². The molecule has 0 aliphatic carbocycles. The molecule has 1 aromatic rings. The molecule has 0 saturated carbocycles. The Labute approximate surface area is 69.3 Å². The Bertz CT molecular complexity index is 403. The second-order valence-corrected chi connectivity index (χ2v) is 4.12. The van der Waals surface area contributed by atoms with Gasteiger partial charge in [-0.3, -0.25) is 0 Å². The first-order valence-corrected chi connectivity index (χ1v) is 4.89. The Morgan fingerprint density at radius 3 is 2.50 bits per heavy atom. The van der Waals surface area contributed by atoms with Crippen molar-refractivity contribution >= 4 is 16.0 Å². The minimum Gasteiger partial charge on any atom is -0.477 e. The Hall–Kier alpha value is -1.30. The van der Waals surface area contributed by atoms with E-state index < -0.39 is 16.0 Å². The van der Waals surface area contributed by atoms with Crippen molar-refractivity contribution in [3.8, 4) is 0 Å².